The van der Waals surface area contributed by atoms with Gasteiger partial charge in [0, 0.05) is 32.3 Å². The highest BCUT2D eigenvalue weighted by molar-refractivity contribution is 7.89. The van der Waals surface area contributed by atoms with Gasteiger partial charge >= 0.3 is 0 Å². The summed E-state index contributed by atoms with van der Waals surface area (Å²) in [5, 5.41) is 5.08. The Hall–Kier alpha value is -2.62. The zero-order valence-corrected chi connectivity index (χ0v) is 16.7. The van der Waals surface area contributed by atoms with E-state index in [1.54, 1.807) is 24.3 Å². The molecule has 0 aliphatic carbocycles. The second-order valence-corrected chi connectivity index (χ2v) is 8.57. The fourth-order valence-corrected chi connectivity index (χ4v) is 4.37. The van der Waals surface area contributed by atoms with Crippen molar-refractivity contribution in [3.63, 3.8) is 0 Å². The molecule has 3 rings (SSSR count). The summed E-state index contributed by atoms with van der Waals surface area (Å²) in [7, 11) is -0.950. The predicted molar refractivity (Wildman–Crippen MR) is 104 cm³/mol. The van der Waals surface area contributed by atoms with E-state index in [9.17, 15) is 18.0 Å². The van der Waals surface area contributed by atoms with Gasteiger partial charge in [-0.15, -0.1) is 0 Å². The summed E-state index contributed by atoms with van der Waals surface area (Å²) in [6.45, 7) is -0.108. The van der Waals surface area contributed by atoms with E-state index in [1.807, 2.05) is 0 Å². The highest BCUT2D eigenvalue weighted by atomic mass is 35.5. The van der Waals surface area contributed by atoms with Gasteiger partial charge in [0.2, 0.25) is 10.0 Å². The largest absolute Gasteiger partial charge is 0.482 e. The van der Waals surface area contributed by atoms with Crippen molar-refractivity contribution in [2.75, 3.05) is 26.0 Å². The summed E-state index contributed by atoms with van der Waals surface area (Å²) >= 11 is 6.15. The number of carbonyl (C=O) groups is 2. The lowest BCUT2D eigenvalue weighted by Crippen LogP contribution is -2.28. The number of halogens is 1. The van der Waals surface area contributed by atoms with Gasteiger partial charge in [-0.05, 0) is 23.8 Å². The van der Waals surface area contributed by atoms with Crippen LogP contribution in [0.3, 0.4) is 0 Å². The molecule has 0 saturated carbocycles. The molecule has 0 aromatic heterocycles. The van der Waals surface area contributed by atoms with E-state index in [0.29, 0.717) is 16.8 Å². The van der Waals surface area contributed by atoms with Crippen LogP contribution in [0.1, 0.15) is 15.9 Å². The Kier molecular flexibility index (Phi) is 5.59. The van der Waals surface area contributed by atoms with Crippen molar-refractivity contribution < 1.29 is 22.7 Å². The Labute approximate surface area is 167 Å². The van der Waals surface area contributed by atoms with Crippen molar-refractivity contribution in [1.82, 2.24) is 9.62 Å². The molecule has 0 radical (unpaired) electrons. The molecule has 2 aromatic carbocycles. The van der Waals surface area contributed by atoms with E-state index in [4.69, 9.17) is 16.3 Å². The van der Waals surface area contributed by atoms with Gasteiger partial charge in [0.15, 0.2) is 6.61 Å². The molecule has 2 N–H and O–H groups in total. The standard InChI is InChI=1S/C18H18ClN3O5S/c1-20-18(24)12-5-3-11(4-6-12)9-22(2)28(25,26)16-8-15-14(7-13(16)19)21-17(23)10-27-15/h3-8H,9-10H2,1-2H3,(H,20,24)(H,21,23). The van der Waals surface area contributed by atoms with Crippen LogP contribution in [0, 0.1) is 0 Å². The monoisotopic (exact) mass is 423 g/mol. The molecule has 0 saturated heterocycles. The van der Waals surface area contributed by atoms with Crippen molar-refractivity contribution in [2.24, 2.45) is 0 Å². The van der Waals surface area contributed by atoms with E-state index in [0.717, 1.165) is 4.31 Å². The number of sulfonamides is 1. The minimum atomic E-state index is -3.92. The Morgan fingerprint density at radius 2 is 1.96 bits per heavy atom. The van der Waals surface area contributed by atoms with Gasteiger partial charge in [0.25, 0.3) is 11.8 Å². The van der Waals surface area contributed by atoms with Gasteiger partial charge in [-0.25, -0.2) is 8.42 Å². The predicted octanol–water partition coefficient (Wildman–Crippen LogP) is 1.85. The van der Waals surface area contributed by atoms with Gasteiger partial charge in [-0.2, -0.15) is 4.31 Å². The molecular formula is C18H18ClN3O5S. The van der Waals surface area contributed by atoms with Crippen LogP contribution < -0.4 is 15.4 Å². The Morgan fingerprint density at radius 3 is 2.61 bits per heavy atom. The van der Waals surface area contributed by atoms with E-state index < -0.39 is 10.0 Å². The van der Waals surface area contributed by atoms with Crippen molar-refractivity contribution in [2.45, 2.75) is 11.4 Å². The summed E-state index contributed by atoms with van der Waals surface area (Å²) in [6.07, 6.45) is 0. The zero-order valence-electron chi connectivity index (χ0n) is 15.2. The van der Waals surface area contributed by atoms with Gasteiger partial charge in [0.05, 0.1) is 10.7 Å². The van der Waals surface area contributed by atoms with Crippen LogP contribution in [0.4, 0.5) is 5.69 Å². The van der Waals surface area contributed by atoms with Crippen molar-refractivity contribution in [1.29, 1.82) is 0 Å². The number of amides is 2. The molecule has 0 spiro atoms. The normalized spacial score (nSPS) is 13.5. The van der Waals surface area contributed by atoms with Crippen LogP contribution in [-0.4, -0.2) is 45.2 Å². The lowest BCUT2D eigenvalue weighted by Gasteiger charge is -2.22. The van der Waals surface area contributed by atoms with Crippen molar-refractivity contribution in [3.05, 3.63) is 52.5 Å². The second-order valence-electron chi connectivity index (χ2n) is 6.15. The molecule has 8 nitrogen and oxygen atoms in total. The number of anilines is 1. The fourth-order valence-electron chi connectivity index (χ4n) is 2.69. The van der Waals surface area contributed by atoms with Crippen LogP contribution in [0.5, 0.6) is 5.75 Å². The van der Waals surface area contributed by atoms with Gasteiger partial charge in [-0.3, -0.25) is 9.59 Å². The number of ether oxygens (including phenoxy) is 1. The first-order valence-corrected chi connectivity index (χ1v) is 10.1. The third-order valence-electron chi connectivity index (χ3n) is 4.20. The van der Waals surface area contributed by atoms with Crippen LogP contribution in [0.2, 0.25) is 5.02 Å². The molecule has 1 aliphatic rings. The first-order chi connectivity index (χ1) is 13.2. The third kappa shape index (κ3) is 3.96. The Balaban J connectivity index is 1.84. The minimum Gasteiger partial charge on any atom is -0.482 e. The number of benzene rings is 2. The number of hydrogen-bond donors (Lipinski definition) is 2. The molecule has 28 heavy (non-hydrogen) atoms. The van der Waals surface area contributed by atoms with Crippen LogP contribution in [0.15, 0.2) is 41.3 Å². The molecule has 0 unspecified atom stereocenters. The number of hydrogen-bond acceptors (Lipinski definition) is 5. The van der Waals surface area contributed by atoms with Crippen LogP contribution >= 0.6 is 11.6 Å². The molecule has 1 heterocycles. The lowest BCUT2D eigenvalue weighted by atomic mass is 10.1. The molecule has 2 amide bonds. The van der Waals surface area contributed by atoms with Crippen LogP contribution in [0.25, 0.3) is 0 Å². The summed E-state index contributed by atoms with van der Waals surface area (Å²) in [5.41, 5.74) is 1.51. The van der Waals surface area contributed by atoms with Crippen molar-refractivity contribution >= 4 is 39.1 Å². The first-order valence-electron chi connectivity index (χ1n) is 8.26. The smallest absolute Gasteiger partial charge is 0.262 e. The minimum absolute atomic E-state index is 0.0219. The first kappa shape index (κ1) is 20.1. The highest BCUT2D eigenvalue weighted by Gasteiger charge is 2.27. The number of fused-ring (bicyclic) bond motifs is 1. The number of rotatable bonds is 5. The molecule has 1 aliphatic heterocycles. The Bertz CT molecular complexity index is 1040. The fraction of sp³-hybridized carbons (Fsp3) is 0.222. The number of nitrogens with zero attached hydrogens (tertiary/aromatic N) is 1. The maximum Gasteiger partial charge on any atom is 0.262 e. The van der Waals surface area contributed by atoms with E-state index >= 15 is 0 Å². The Morgan fingerprint density at radius 1 is 1.29 bits per heavy atom. The maximum atomic E-state index is 13.0. The van der Waals surface area contributed by atoms with Gasteiger partial charge in [-0.1, -0.05) is 23.7 Å². The molecule has 0 fully saturated rings. The van der Waals surface area contributed by atoms with E-state index in [1.165, 1.54) is 26.2 Å². The average Bonchev–Trinajstić information content (AvgIpc) is 2.67. The summed E-state index contributed by atoms with van der Waals surface area (Å²) in [5.74, 6) is -0.317. The average molecular weight is 424 g/mol. The summed E-state index contributed by atoms with van der Waals surface area (Å²) in [4.78, 5) is 22.9. The van der Waals surface area contributed by atoms with Gasteiger partial charge in [0.1, 0.15) is 10.6 Å². The second kappa shape index (κ2) is 7.78. The maximum absolute atomic E-state index is 13.0. The highest BCUT2D eigenvalue weighted by Crippen LogP contribution is 2.36. The van der Waals surface area contributed by atoms with E-state index in [-0.39, 0.29) is 40.6 Å². The summed E-state index contributed by atoms with van der Waals surface area (Å²) in [6, 6.07) is 9.27. The number of nitrogens with one attached hydrogen (secondary N) is 2. The molecule has 0 bridgehead atoms. The molecule has 10 heteroatoms. The molecule has 0 atom stereocenters. The molecule has 148 valence electrons. The topological polar surface area (TPSA) is 105 Å². The number of carbonyl (C=O) groups excluding carboxylic acids is 2. The molecular weight excluding hydrogens is 406 g/mol. The SMILES string of the molecule is CNC(=O)c1ccc(CN(C)S(=O)(=O)c2cc3c(cc2Cl)NC(=O)CO3)cc1. The lowest BCUT2D eigenvalue weighted by molar-refractivity contribution is -0.118. The summed E-state index contributed by atoms with van der Waals surface area (Å²) < 4.78 is 32.4. The quantitative estimate of drug-likeness (QED) is 0.763. The third-order valence-corrected chi connectivity index (χ3v) is 6.47. The van der Waals surface area contributed by atoms with Crippen molar-refractivity contribution in [3.8, 4) is 5.75 Å². The zero-order chi connectivity index (χ0) is 20.5. The van der Waals surface area contributed by atoms with Gasteiger partial charge < -0.3 is 15.4 Å². The van der Waals surface area contributed by atoms with E-state index in [2.05, 4.69) is 10.6 Å². The molecule has 2 aromatic rings. The van der Waals surface area contributed by atoms with Crippen LogP contribution in [-0.2, 0) is 21.4 Å².